The van der Waals surface area contributed by atoms with Crippen molar-refractivity contribution in [1.29, 1.82) is 0 Å². The van der Waals surface area contributed by atoms with Crippen molar-refractivity contribution in [2.75, 3.05) is 0 Å². The van der Waals surface area contributed by atoms with Gasteiger partial charge in [0, 0.05) is 22.6 Å². The molecule has 0 saturated heterocycles. The molecule has 0 aliphatic heterocycles. The minimum Gasteiger partial charge on any atom is -0.460 e. The molecular formula is C6H5IO2. The van der Waals surface area contributed by atoms with Crippen LogP contribution in [0.2, 0.25) is 0 Å². The van der Waals surface area contributed by atoms with Gasteiger partial charge in [-0.2, -0.15) is 0 Å². The second-order valence-corrected chi connectivity index (χ2v) is 2.69. The highest BCUT2D eigenvalue weighted by atomic mass is 127. The Kier molecular flexibility index (Phi) is 1.90. The summed E-state index contributed by atoms with van der Waals surface area (Å²) in [6, 6.07) is 1.77. The fourth-order valence-electron chi connectivity index (χ4n) is 0.574. The average molecular weight is 236 g/mol. The van der Waals surface area contributed by atoms with Crippen LogP contribution in [-0.2, 0) is 0 Å². The van der Waals surface area contributed by atoms with Crippen molar-refractivity contribution in [2.24, 2.45) is 0 Å². The Labute approximate surface area is 66.4 Å². The Morgan fingerprint density at radius 1 is 1.78 bits per heavy atom. The Morgan fingerprint density at radius 3 is 2.67 bits per heavy atom. The minimum atomic E-state index is -0.0462. The summed E-state index contributed by atoms with van der Waals surface area (Å²) in [6.45, 7) is 1.84. The number of rotatable bonds is 1. The molecule has 0 radical (unpaired) electrons. The highest BCUT2D eigenvalue weighted by molar-refractivity contribution is 14.1. The molecular weight excluding hydrogens is 231 g/mol. The van der Waals surface area contributed by atoms with E-state index in [1.54, 1.807) is 28.7 Å². The summed E-state index contributed by atoms with van der Waals surface area (Å²) >= 11 is 1.70. The maximum absolute atomic E-state index is 10.6. The highest BCUT2D eigenvalue weighted by Gasteiger charge is 2.06. The van der Waals surface area contributed by atoms with Gasteiger partial charge in [0.05, 0.1) is 6.26 Å². The van der Waals surface area contributed by atoms with Crippen LogP contribution in [0.4, 0.5) is 0 Å². The normalized spacial score (nSPS) is 9.56. The number of carbonyl (C=O) groups is 1. The molecule has 48 valence electrons. The Bertz CT molecular complexity index is 227. The van der Waals surface area contributed by atoms with Crippen LogP contribution in [0.3, 0.4) is 0 Å². The van der Waals surface area contributed by atoms with Crippen LogP contribution in [0.5, 0.6) is 0 Å². The summed E-state index contributed by atoms with van der Waals surface area (Å²) in [4.78, 5) is 10.6. The van der Waals surface area contributed by atoms with E-state index < -0.39 is 0 Å². The lowest BCUT2D eigenvalue weighted by atomic mass is 10.3. The van der Waals surface area contributed by atoms with Crippen LogP contribution in [0, 0.1) is 6.92 Å². The summed E-state index contributed by atoms with van der Waals surface area (Å²) in [5, 5.41) is 0. The first-order valence-electron chi connectivity index (χ1n) is 2.45. The first kappa shape index (κ1) is 6.80. The highest BCUT2D eigenvalue weighted by Crippen LogP contribution is 2.12. The second-order valence-electron chi connectivity index (χ2n) is 1.71. The maximum atomic E-state index is 10.6. The summed E-state index contributed by atoms with van der Waals surface area (Å²) < 4.78 is 4.82. The van der Waals surface area contributed by atoms with E-state index in [1.807, 2.05) is 6.92 Å². The fraction of sp³-hybridized carbons (Fsp3) is 0.167. The molecule has 0 N–H and O–H groups in total. The third-order valence-electron chi connectivity index (χ3n) is 1.04. The van der Waals surface area contributed by atoms with Crippen molar-refractivity contribution in [2.45, 2.75) is 6.92 Å². The zero-order valence-electron chi connectivity index (χ0n) is 4.85. The summed E-state index contributed by atoms with van der Waals surface area (Å²) in [5.41, 5.74) is 0.898. The monoisotopic (exact) mass is 236 g/mol. The molecule has 0 atom stereocenters. The van der Waals surface area contributed by atoms with Crippen molar-refractivity contribution in [3.8, 4) is 0 Å². The summed E-state index contributed by atoms with van der Waals surface area (Å²) in [5.74, 6) is 0.454. The van der Waals surface area contributed by atoms with Crippen molar-refractivity contribution < 1.29 is 9.21 Å². The molecule has 0 aliphatic rings. The van der Waals surface area contributed by atoms with E-state index in [4.69, 9.17) is 4.42 Å². The molecule has 0 amide bonds. The lowest BCUT2D eigenvalue weighted by molar-refractivity contribution is 0.108. The van der Waals surface area contributed by atoms with E-state index in [0.29, 0.717) is 5.76 Å². The molecule has 0 aliphatic carbocycles. The van der Waals surface area contributed by atoms with Gasteiger partial charge < -0.3 is 4.42 Å². The van der Waals surface area contributed by atoms with E-state index in [1.165, 1.54) is 6.26 Å². The molecule has 0 unspecified atom stereocenters. The second kappa shape index (κ2) is 2.51. The number of carbonyl (C=O) groups excluding carboxylic acids is 1. The molecule has 1 heterocycles. The molecule has 0 bridgehead atoms. The molecule has 0 spiro atoms. The molecule has 1 rings (SSSR count). The zero-order valence-corrected chi connectivity index (χ0v) is 7.01. The molecule has 1 aromatic heterocycles. The van der Waals surface area contributed by atoms with Gasteiger partial charge in [-0.15, -0.1) is 0 Å². The van der Waals surface area contributed by atoms with E-state index in [9.17, 15) is 4.79 Å². The van der Waals surface area contributed by atoms with Crippen molar-refractivity contribution >= 4 is 26.4 Å². The van der Waals surface area contributed by atoms with Crippen LogP contribution < -0.4 is 0 Å². The Hall–Kier alpha value is -0.320. The van der Waals surface area contributed by atoms with Gasteiger partial charge in [-0.3, -0.25) is 4.79 Å². The Balaban J connectivity index is 3.08. The van der Waals surface area contributed by atoms with Crippen molar-refractivity contribution in [3.63, 3.8) is 0 Å². The van der Waals surface area contributed by atoms with Crippen molar-refractivity contribution in [1.82, 2.24) is 0 Å². The van der Waals surface area contributed by atoms with E-state index in [-0.39, 0.29) is 3.79 Å². The van der Waals surface area contributed by atoms with Crippen LogP contribution in [-0.4, -0.2) is 3.79 Å². The van der Waals surface area contributed by atoms with Crippen LogP contribution >= 0.6 is 22.6 Å². The molecule has 2 nitrogen and oxygen atoms in total. The SMILES string of the molecule is Cc1ccoc1C(=O)I. The molecule has 0 fully saturated rings. The third kappa shape index (κ3) is 1.32. The van der Waals surface area contributed by atoms with Gasteiger partial charge in [0.2, 0.25) is 0 Å². The topological polar surface area (TPSA) is 30.2 Å². The molecule has 9 heavy (non-hydrogen) atoms. The molecule has 0 saturated carbocycles. The summed E-state index contributed by atoms with van der Waals surface area (Å²) in [6.07, 6.45) is 1.52. The summed E-state index contributed by atoms with van der Waals surface area (Å²) in [7, 11) is 0. The number of hydrogen-bond donors (Lipinski definition) is 0. The number of hydrogen-bond acceptors (Lipinski definition) is 2. The molecule has 1 aromatic rings. The maximum Gasteiger partial charge on any atom is 0.257 e. The van der Waals surface area contributed by atoms with Gasteiger partial charge in [0.25, 0.3) is 3.79 Å². The predicted molar refractivity (Wildman–Crippen MR) is 41.8 cm³/mol. The quantitative estimate of drug-likeness (QED) is 0.552. The number of furan rings is 1. The van der Waals surface area contributed by atoms with Crippen LogP contribution in [0.25, 0.3) is 0 Å². The standard InChI is InChI=1S/C6H5IO2/c1-4-2-3-9-5(4)6(7)8/h2-3H,1H3. The zero-order chi connectivity index (χ0) is 6.85. The Morgan fingerprint density at radius 2 is 2.44 bits per heavy atom. The molecule has 0 aromatic carbocycles. The predicted octanol–water partition coefficient (Wildman–Crippen LogP) is 2.16. The van der Waals surface area contributed by atoms with Crippen LogP contribution in [0.15, 0.2) is 16.7 Å². The van der Waals surface area contributed by atoms with Gasteiger partial charge in [-0.25, -0.2) is 0 Å². The lowest BCUT2D eigenvalue weighted by Crippen LogP contribution is -1.85. The van der Waals surface area contributed by atoms with Crippen LogP contribution in [0.1, 0.15) is 16.1 Å². The van der Waals surface area contributed by atoms with Crippen molar-refractivity contribution in [3.05, 3.63) is 23.7 Å². The van der Waals surface area contributed by atoms with E-state index >= 15 is 0 Å². The van der Waals surface area contributed by atoms with Gasteiger partial charge in [-0.05, 0) is 18.6 Å². The fourth-order valence-corrected chi connectivity index (χ4v) is 1.13. The van der Waals surface area contributed by atoms with E-state index in [0.717, 1.165) is 5.56 Å². The van der Waals surface area contributed by atoms with E-state index in [2.05, 4.69) is 0 Å². The lowest BCUT2D eigenvalue weighted by Gasteiger charge is -1.85. The van der Waals surface area contributed by atoms with Gasteiger partial charge in [-0.1, -0.05) is 0 Å². The largest absolute Gasteiger partial charge is 0.460 e. The number of halogens is 1. The first-order valence-corrected chi connectivity index (χ1v) is 3.53. The van der Waals surface area contributed by atoms with Gasteiger partial charge >= 0.3 is 0 Å². The smallest absolute Gasteiger partial charge is 0.257 e. The molecule has 3 heteroatoms. The first-order chi connectivity index (χ1) is 4.22. The minimum absolute atomic E-state index is 0.0462. The third-order valence-corrected chi connectivity index (χ3v) is 1.53. The van der Waals surface area contributed by atoms with Gasteiger partial charge in [0.15, 0.2) is 5.76 Å². The average Bonchev–Trinajstić information content (AvgIpc) is 2.13. The van der Waals surface area contributed by atoms with Gasteiger partial charge in [0.1, 0.15) is 0 Å². The number of aryl methyl sites for hydroxylation is 1.